The smallest absolute Gasteiger partial charge is 0.271 e. The Kier molecular flexibility index (Phi) is 3.17. The molecule has 0 aromatic heterocycles. The third kappa shape index (κ3) is 2.55. The van der Waals surface area contributed by atoms with Gasteiger partial charge in [-0.25, -0.2) is 4.99 Å². The Morgan fingerprint density at radius 1 is 1.64 bits per heavy atom. The Morgan fingerprint density at radius 3 is 2.93 bits per heavy atom. The van der Waals surface area contributed by atoms with Crippen molar-refractivity contribution in [2.24, 2.45) is 10.7 Å². The van der Waals surface area contributed by atoms with Crippen LogP contribution in [0.15, 0.2) is 29.3 Å². The summed E-state index contributed by atoms with van der Waals surface area (Å²) >= 11 is 0. The Balaban J connectivity index is 3.00. The molecule has 1 aromatic rings. The highest BCUT2D eigenvalue weighted by molar-refractivity contribution is 5.82. The molecule has 0 saturated carbocycles. The van der Waals surface area contributed by atoms with Crippen molar-refractivity contribution in [3.63, 3.8) is 0 Å². The number of rotatable bonds is 3. The van der Waals surface area contributed by atoms with Crippen molar-refractivity contribution in [2.45, 2.75) is 13.3 Å². The van der Waals surface area contributed by atoms with Crippen LogP contribution in [0.3, 0.4) is 0 Å². The maximum Gasteiger partial charge on any atom is 0.271 e. The van der Waals surface area contributed by atoms with E-state index in [2.05, 4.69) is 4.99 Å². The molecule has 0 fully saturated rings. The molecule has 2 N–H and O–H groups in total. The molecular formula is C9H11N3O2. The van der Waals surface area contributed by atoms with E-state index in [-0.39, 0.29) is 5.69 Å². The zero-order chi connectivity index (χ0) is 10.6. The molecule has 0 aliphatic carbocycles. The molecule has 0 unspecified atom stereocenters. The largest absolute Gasteiger partial charge is 0.387 e. The van der Waals surface area contributed by atoms with Gasteiger partial charge >= 0.3 is 0 Å². The van der Waals surface area contributed by atoms with E-state index in [0.717, 1.165) is 0 Å². The molecule has 14 heavy (non-hydrogen) atoms. The predicted molar refractivity (Wildman–Crippen MR) is 54.7 cm³/mol. The number of nitrogens with zero attached hydrogens (tertiary/aromatic N) is 2. The summed E-state index contributed by atoms with van der Waals surface area (Å²) in [6, 6.07) is 6.07. The third-order valence-corrected chi connectivity index (χ3v) is 1.68. The topological polar surface area (TPSA) is 81.5 Å². The van der Waals surface area contributed by atoms with Crippen molar-refractivity contribution >= 4 is 17.2 Å². The fourth-order valence-corrected chi connectivity index (χ4v) is 0.921. The van der Waals surface area contributed by atoms with Crippen LogP contribution in [0.1, 0.15) is 13.3 Å². The second-order valence-corrected chi connectivity index (χ2v) is 2.73. The number of benzene rings is 1. The van der Waals surface area contributed by atoms with Gasteiger partial charge in [0.15, 0.2) is 0 Å². The van der Waals surface area contributed by atoms with E-state index in [0.29, 0.717) is 17.9 Å². The van der Waals surface area contributed by atoms with Gasteiger partial charge < -0.3 is 5.73 Å². The van der Waals surface area contributed by atoms with Crippen molar-refractivity contribution in [3.8, 4) is 0 Å². The summed E-state index contributed by atoms with van der Waals surface area (Å²) in [6.45, 7) is 1.87. The number of nitro benzene ring substituents is 1. The molecule has 0 atom stereocenters. The van der Waals surface area contributed by atoms with Crippen LogP contribution in [0, 0.1) is 10.1 Å². The molecule has 0 spiro atoms. The van der Waals surface area contributed by atoms with Crippen LogP contribution in [0.4, 0.5) is 11.4 Å². The number of nitrogens with two attached hydrogens (primary N) is 1. The summed E-state index contributed by atoms with van der Waals surface area (Å²) in [5, 5.41) is 10.4. The van der Waals surface area contributed by atoms with Gasteiger partial charge in [-0.3, -0.25) is 10.1 Å². The highest BCUT2D eigenvalue weighted by Crippen LogP contribution is 2.19. The van der Waals surface area contributed by atoms with E-state index in [1.54, 1.807) is 12.1 Å². The van der Waals surface area contributed by atoms with Crippen LogP contribution < -0.4 is 5.73 Å². The van der Waals surface area contributed by atoms with Crippen LogP contribution in [0.5, 0.6) is 0 Å². The van der Waals surface area contributed by atoms with Crippen molar-refractivity contribution in [1.29, 1.82) is 0 Å². The molecule has 5 heteroatoms. The van der Waals surface area contributed by atoms with E-state index in [1.165, 1.54) is 12.1 Å². The highest BCUT2D eigenvalue weighted by Gasteiger charge is 2.04. The molecule has 1 aromatic carbocycles. The van der Waals surface area contributed by atoms with Gasteiger partial charge in [0, 0.05) is 18.6 Å². The predicted octanol–water partition coefficient (Wildman–Crippen LogP) is 1.99. The van der Waals surface area contributed by atoms with Crippen LogP contribution in [-0.2, 0) is 0 Å². The maximum atomic E-state index is 10.4. The number of hydrogen-bond donors (Lipinski definition) is 1. The van der Waals surface area contributed by atoms with Gasteiger partial charge in [0.1, 0.15) is 0 Å². The van der Waals surface area contributed by atoms with Gasteiger partial charge in [-0.1, -0.05) is 13.0 Å². The lowest BCUT2D eigenvalue weighted by atomic mass is 10.3. The molecular weight excluding hydrogens is 182 g/mol. The van der Waals surface area contributed by atoms with Gasteiger partial charge in [-0.15, -0.1) is 0 Å². The summed E-state index contributed by atoms with van der Waals surface area (Å²) in [6.07, 6.45) is 0.628. The summed E-state index contributed by atoms with van der Waals surface area (Å²) in [7, 11) is 0. The number of aliphatic imine (C=N–C) groups is 1. The normalized spacial score (nSPS) is 11.4. The molecule has 0 saturated heterocycles. The van der Waals surface area contributed by atoms with Crippen molar-refractivity contribution in [3.05, 3.63) is 34.4 Å². The SMILES string of the molecule is CCC(N)=Nc1cccc([N+](=O)[O-])c1. The zero-order valence-corrected chi connectivity index (χ0v) is 7.80. The van der Waals surface area contributed by atoms with Gasteiger partial charge in [0.05, 0.1) is 16.4 Å². The summed E-state index contributed by atoms with van der Waals surface area (Å²) in [5.41, 5.74) is 6.05. The molecule has 5 nitrogen and oxygen atoms in total. The molecule has 0 bridgehead atoms. The Hall–Kier alpha value is -1.91. The first-order valence-electron chi connectivity index (χ1n) is 4.21. The Morgan fingerprint density at radius 2 is 2.36 bits per heavy atom. The summed E-state index contributed by atoms with van der Waals surface area (Å²) in [5.74, 6) is 0.463. The molecule has 0 aliphatic heterocycles. The summed E-state index contributed by atoms with van der Waals surface area (Å²) in [4.78, 5) is 14.0. The van der Waals surface area contributed by atoms with E-state index in [1.807, 2.05) is 6.92 Å². The molecule has 0 aliphatic rings. The monoisotopic (exact) mass is 193 g/mol. The van der Waals surface area contributed by atoms with Crippen LogP contribution in [0.2, 0.25) is 0 Å². The standard InChI is InChI=1S/C9H11N3O2/c1-2-9(10)11-7-4-3-5-8(6-7)12(13)14/h3-6H,2H2,1H3,(H2,10,11). The van der Waals surface area contributed by atoms with E-state index in [4.69, 9.17) is 5.73 Å². The van der Waals surface area contributed by atoms with Crippen LogP contribution in [-0.4, -0.2) is 10.8 Å². The van der Waals surface area contributed by atoms with Gasteiger partial charge in [-0.05, 0) is 6.07 Å². The Bertz CT molecular complexity index is 374. The Labute approximate surface area is 81.4 Å². The van der Waals surface area contributed by atoms with Crippen molar-refractivity contribution in [2.75, 3.05) is 0 Å². The average Bonchev–Trinajstić information content (AvgIpc) is 2.18. The van der Waals surface area contributed by atoms with Crippen LogP contribution >= 0.6 is 0 Å². The minimum atomic E-state index is -0.457. The second-order valence-electron chi connectivity index (χ2n) is 2.73. The third-order valence-electron chi connectivity index (χ3n) is 1.68. The molecule has 0 amide bonds. The number of non-ortho nitro benzene ring substituents is 1. The van der Waals surface area contributed by atoms with E-state index >= 15 is 0 Å². The molecule has 74 valence electrons. The molecule has 0 radical (unpaired) electrons. The van der Waals surface area contributed by atoms with Crippen molar-refractivity contribution in [1.82, 2.24) is 0 Å². The average molecular weight is 193 g/mol. The van der Waals surface area contributed by atoms with Crippen LogP contribution in [0.25, 0.3) is 0 Å². The van der Waals surface area contributed by atoms with Gasteiger partial charge in [-0.2, -0.15) is 0 Å². The van der Waals surface area contributed by atoms with Gasteiger partial charge in [0.2, 0.25) is 0 Å². The second kappa shape index (κ2) is 4.36. The van der Waals surface area contributed by atoms with Gasteiger partial charge in [0.25, 0.3) is 5.69 Å². The zero-order valence-electron chi connectivity index (χ0n) is 7.80. The van der Waals surface area contributed by atoms with E-state index < -0.39 is 4.92 Å². The number of nitro groups is 1. The minimum absolute atomic E-state index is 0.0233. The van der Waals surface area contributed by atoms with Crippen molar-refractivity contribution < 1.29 is 4.92 Å². The van der Waals surface area contributed by atoms with E-state index in [9.17, 15) is 10.1 Å². The molecule has 1 rings (SSSR count). The number of hydrogen-bond acceptors (Lipinski definition) is 3. The fourth-order valence-electron chi connectivity index (χ4n) is 0.921. The first kappa shape index (κ1) is 10.2. The molecule has 0 heterocycles. The lowest BCUT2D eigenvalue weighted by Crippen LogP contribution is -2.08. The first-order valence-corrected chi connectivity index (χ1v) is 4.21. The minimum Gasteiger partial charge on any atom is -0.387 e. The lowest BCUT2D eigenvalue weighted by molar-refractivity contribution is -0.384. The first-order chi connectivity index (χ1) is 6.63. The quantitative estimate of drug-likeness (QED) is 0.345. The summed E-state index contributed by atoms with van der Waals surface area (Å²) < 4.78 is 0. The highest BCUT2D eigenvalue weighted by atomic mass is 16.6. The number of amidine groups is 1. The maximum absolute atomic E-state index is 10.4. The fraction of sp³-hybridized carbons (Fsp3) is 0.222. The lowest BCUT2D eigenvalue weighted by Gasteiger charge is -1.96.